The molecule has 1 aromatic rings. The maximum absolute atomic E-state index is 5.73. The Labute approximate surface area is 63.1 Å². The van der Waals surface area contributed by atoms with E-state index in [2.05, 4.69) is 37.9 Å². The molecule has 0 spiro atoms. The summed E-state index contributed by atoms with van der Waals surface area (Å²) in [5.41, 5.74) is 7.02. The van der Waals surface area contributed by atoms with E-state index < -0.39 is 8.07 Å². The van der Waals surface area contributed by atoms with Crippen LogP contribution in [0.15, 0.2) is 24.3 Å². The third-order valence-electron chi connectivity index (χ3n) is 1.44. The zero-order valence-electron chi connectivity index (χ0n) is 6.33. The van der Waals surface area contributed by atoms with E-state index in [-0.39, 0.29) is 0 Å². The minimum Gasteiger partial charge on any atom is -0.306 e. The zero-order valence-corrected chi connectivity index (χ0v) is 7.23. The first kappa shape index (κ1) is 7.71. The molecule has 0 heterocycles. The summed E-state index contributed by atoms with van der Waals surface area (Å²) in [6, 6.07) is 8.39. The Morgan fingerprint density at radius 1 is 1.20 bits per heavy atom. The number of hydrogen-bond donors (Lipinski definition) is 1. The largest absolute Gasteiger partial charge is 0.306 e. The average molecular weight is 153 g/mol. The molecule has 0 saturated heterocycles. The normalized spacial score (nSPS) is 13.1. The van der Waals surface area contributed by atoms with Crippen LogP contribution in [0.5, 0.6) is 0 Å². The first-order valence-electron chi connectivity index (χ1n) is 3.25. The fourth-order valence-electron chi connectivity index (χ4n) is 0.780. The predicted molar refractivity (Wildman–Crippen MR) is 47.8 cm³/mol. The van der Waals surface area contributed by atoms with Gasteiger partial charge < -0.3 is 5.50 Å². The van der Waals surface area contributed by atoms with Gasteiger partial charge in [-0.2, -0.15) is 0 Å². The van der Waals surface area contributed by atoms with E-state index in [9.17, 15) is 0 Å². The van der Waals surface area contributed by atoms with E-state index in [1.165, 1.54) is 10.9 Å². The lowest BCUT2D eigenvalue weighted by molar-refractivity contribution is 1.49. The predicted octanol–water partition coefficient (Wildman–Crippen LogP) is 1.61. The summed E-state index contributed by atoms with van der Waals surface area (Å²) in [5.74, 6) is 0. The second-order valence-electron chi connectivity index (χ2n) is 2.45. The summed E-state index contributed by atoms with van der Waals surface area (Å²) in [6.45, 7) is 4.14. The van der Waals surface area contributed by atoms with Gasteiger partial charge in [0.25, 0.3) is 0 Å². The van der Waals surface area contributed by atoms with Gasteiger partial charge >= 0.3 is 0 Å². The van der Waals surface area contributed by atoms with Crippen LogP contribution in [0, 0.1) is 6.92 Å². The Balaban J connectivity index is 2.89. The summed E-state index contributed by atoms with van der Waals surface area (Å²) in [7, 11) is -0.408. The molecule has 1 nitrogen and oxygen atoms in total. The van der Waals surface area contributed by atoms with Crippen molar-refractivity contribution in [3.63, 3.8) is 0 Å². The highest BCUT2D eigenvalue weighted by atomic mass is 31.1. The Hall–Kier alpha value is -0.390. The topological polar surface area (TPSA) is 26.0 Å². The van der Waals surface area contributed by atoms with E-state index in [1.54, 1.807) is 0 Å². The Morgan fingerprint density at radius 2 is 1.70 bits per heavy atom. The van der Waals surface area contributed by atoms with Crippen LogP contribution in [-0.2, 0) is 0 Å². The Bertz CT molecular complexity index is 203. The van der Waals surface area contributed by atoms with Gasteiger partial charge in [0.15, 0.2) is 0 Å². The van der Waals surface area contributed by atoms with Gasteiger partial charge in [0.2, 0.25) is 0 Å². The summed E-state index contributed by atoms with van der Waals surface area (Å²) in [4.78, 5) is 0. The monoisotopic (exact) mass is 153 g/mol. The van der Waals surface area contributed by atoms with E-state index >= 15 is 0 Å². The molecule has 2 heteroatoms. The maximum atomic E-state index is 5.73. The second kappa shape index (κ2) is 3.14. The van der Waals surface area contributed by atoms with Gasteiger partial charge in [0.05, 0.1) is 0 Å². The fraction of sp³-hybridized carbons (Fsp3) is 0.250. The lowest BCUT2D eigenvalue weighted by Gasteiger charge is -2.04. The standard InChI is InChI=1S/C8H12NP/c1-7-3-5-8(6-4-7)10(2)9/h3-6H,9H2,1-2H3. The first-order valence-corrected chi connectivity index (χ1v) is 5.11. The van der Waals surface area contributed by atoms with E-state index in [0.29, 0.717) is 0 Å². The molecule has 0 radical (unpaired) electrons. The van der Waals surface area contributed by atoms with Crippen LogP contribution in [0.2, 0.25) is 0 Å². The van der Waals surface area contributed by atoms with Gasteiger partial charge in [-0.3, -0.25) is 0 Å². The number of rotatable bonds is 1. The zero-order chi connectivity index (χ0) is 7.56. The smallest absolute Gasteiger partial charge is 0.00999 e. The second-order valence-corrected chi connectivity index (χ2v) is 4.18. The van der Waals surface area contributed by atoms with Crippen molar-refractivity contribution in [3.05, 3.63) is 29.8 Å². The lowest BCUT2D eigenvalue weighted by Crippen LogP contribution is -2.04. The minimum atomic E-state index is -0.408. The molecule has 1 unspecified atom stereocenters. The van der Waals surface area contributed by atoms with Crippen LogP contribution in [0.3, 0.4) is 0 Å². The van der Waals surface area contributed by atoms with Crippen LogP contribution in [0.25, 0.3) is 0 Å². The highest BCUT2D eigenvalue weighted by Crippen LogP contribution is 2.17. The third-order valence-corrected chi connectivity index (χ3v) is 2.55. The average Bonchev–Trinajstić information content (AvgIpc) is 1.88. The van der Waals surface area contributed by atoms with Gasteiger partial charge in [0.1, 0.15) is 0 Å². The number of hydrogen-bond acceptors (Lipinski definition) is 1. The summed E-state index contributed by atoms with van der Waals surface area (Å²) in [6.07, 6.45) is 0. The van der Waals surface area contributed by atoms with Gasteiger partial charge in [-0.15, -0.1) is 0 Å². The molecule has 0 aliphatic heterocycles. The van der Waals surface area contributed by atoms with Crippen LogP contribution < -0.4 is 10.8 Å². The molecular formula is C8H12NP. The van der Waals surface area contributed by atoms with Crippen molar-refractivity contribution in [1.82, 2.24) is 0 Å². The van der Waals surface area contributed by atoms with Crippen molar-refractivity contribution in [2.75, 3.05) is 6.66 Å². The molecule has 1 atom stereocenters. The van der Waals surface area contributed by atoms with Crippen molar-refractivity contribution < 1.29 is 0 Å². The van der Waals surface area contributed by atoms with Gasteiger partial charge in [-0.1, -0.05) is 29.8 Å². The molecule has 1 aromatic carbocycles. The van der Waals surface area contributed by atoms with E-state index in [0.717, 1.165) is 0 Å². The molecule has 10 heavy (non-hydrogen) atoms. The van der Waals surface area contributed by atoms with E-state index in [1.807, 2.05) is 0 Å². The highest BCUT2D eigenvalue weighted by molar-refractivity contribution is 7.62. The third kappa shape index (κ3) is 1.80. The van der Waals surface area contributed by atoms with Crippen LogP contribution >= 0.6 is 8.07 Å². The number of nitrogens with two attached hydrogens (primary N) is 1. The molecule has 0 amide bonds. The maximum Gasteiger partial charge on any atom is -0.00999 e. The van der Waals surface area contributed by atoms with Crippen molar-refractivity contribution in [2.45, 2.75) is 6.92 Å². The molecule has 2 N–H and O–H groups in total. The quantitative estimate of drug-likeness (QED) is 0.609. The van der Waals surface area contributed by atoms with Crippen molar-refractivity contribution in [2.24, 2.45) is 5.50 Å². The van der Waals surface area contributed by atoms with Gasteiger partial charge in [-0.05, 0) is 27.0 Å². The molecule has 0 fully saturated rings. The summed E-state index contributed by atoms with van der Waals surface area (Å²) >= 11 is 0. The van der Waals surface area contributed by atoms with Crippen molar-refractivity contribution in [1.29, 1.82) is 0 Å². The Kier molecular flexibility index (Phi) is 2.42. The van der Waals surface area contributed by atoms with Crippen LogP contribution in [0.4, 0.5) is 0 Å². The molecule has 0 aromatic heterocycles. The first-order chi connectivity index (χ1) is 4.70. The molecule has 0 saturated carbocycles. The SMILES string of the molecule is Cc1ccc(P(C)N)cc1. The molecular weight excluding hydrogens is 141 g/mol. The van der Waals surface area contributed by atoms with Crippen molar-refractivity contribution >= 4 is 13.4 Å². The highest BCUT2D eigenvalue weighted by Gasteiger charge is 1.95. The number of benzene rings is 1. The Morgan fingerprint density at radius 3 is 2.10 bits per heavy atom. The lowest BCUT2D eigenvalue weighted by atomic mass is 10.2. The van der Waals surface area contributed by atoms with E-state index in [4.69, 9.17) is 5.50 Å². The van der Waals surface area contributed by atoms with Crippen LogP contribution in [0.1, 0.15) is 5.56 Å². The van der Waals surface area contributed by atoms with Crippen molar-refractivity contribution in [3.8, 4) is 0 Å². The molecule has 54 valence electrons. The molecule has 0 bridgehead atoms. The summed E-state index contributed by atoms with van der Waals surface area (Å²) in [5, 5.41) is 1.26. The van der Waals surface area contributed by atoms with Gasteiger partial charge in [-0.25, -0.2) is 0 Å². The minimum absolute atomic E-state index is 0.408. The fourth-order valence-corrected chi connectivity index (χ4v) is 1.40. The molecule has 0 aliphatic carbocycles. The van der Waals surface area contributed by atoms with Gasteiger partial charge in [0, 0.05) is 0 Å². The molecule has 1 rings (SSSR count). The summed E-state index contributed by atoms with van der Waals surface area (Å²) < 4.78 is 0. The van der Waals surface area contributed by atoms with Crippen LogP contribution in [-0.4, -0.2) is 6.66 Å². The number of aryl methyl sites for hydroxylation is 1. The molecule has 0 aliphatic rings.